The molecule has 2 N–H and O–H groups in total. The van der Waals surface area contributed by atoms with E-state index in [2.05, 4.69) is 18.2 Å². The maximum absolute atomic E-state index is 12.0. The lowest BCUT2D eigenvalue weighted by molar-refractivity contribution is -0.132. The number of carbonyl (C=O) groups excluding carboxylic acids is 1. The lowest BCUT2D eigenvalue weighted by Gasteiger charge is -2.29. The zero-order valence-corrected chi connectivity index (χ0v) is 10.4. The summed E-state index contributed by atoms with van der Waals surface area (Å²) < 4.78 is 0. The van der Waals surface area contributed by atoms with Crippen molar-refractivity contribution < 1.29 is 4.79 Å². The predicted molar refractivity (Wildman–Crippen MR) is 68.4 cm³/mol. The first-order chi connectivity index (χ1) is 8.20. The Labute approximate surface area is 103 Å². The Morgan fingerprint density at radius 3 is 2.82 bits per heavy atom. The van der Waals surface area contributed by atoms with E-state index in [4.69, 9.17) is 5.73 Å². The molecule has 17 heavy (non-hydrogen) atoms. The molecule has 3 heteroatoms. The van der Waals surface area contributed by atoms with Crippen molar-refractivity contribution in [2.24, 2.45) is 11.7 Å². The minimum Gasteiger partial charge on any atom is -0.338 e. The van der Waals surface area contributed by atoms with Crippen LogP contribution in [0.3, 0.4) is 0 Å². The fourth-order valence-electron chi connectivity index (χ4n) is 2.22. The summed E-state index contributed by atoms with van der Waals surface area (Å²) in [5, 5.41) is 0. The highest BCUT2D eigenvalue weighted by Gasteiger charge is 2.21. The van der Waals surface area contributed by atoms with Crippen LogP contribution in [0.15, 0.2) is 24.3 Å². The molecule has 0 fully saturated rings. The number of nitrogens with two attached hydrogens (primary N) is 1. The fourth-order valence-corrected chi connectivity index (χ4v) is 2.22. The van der Waals surface area contributed by atoms with E-state index in [0.717, 1.165) is 19.5 Å². The van der Waals surface area contributed by atoms with E-state index in [0.29, 0.717) is 13.0 Å². The summed E-state index contributed by atoms with van der Waals surface area (Å²) in [7, 11) is 0. The van der Waals surface area contributed by atoms with E-state index >= 15 is 0 Å². The molecular formula is C14H20N2O. The van der Waals surface area contributed by atoms with Crippen LogP contribution in [0, 0.1) is 5.92 Å². The normalized spacial score (nSPS) is 16.5. The van der Waals surface area contributed by atoms with Crippen LogP contribution in [0.1, 0.15) is 24.5 Å². The highest BCUT2D eigenvalue weighted by Crippen LogP contribution is 2.19. The molecule has 0 aromatic heterocycles. The molecule has 1 aromatic rings. The quantitative estimate of drug-likeness (QED) is 0.859. The molecule has 0 aliphatic carbocycles. The summed E-state index contributed by atoms with van der Waals surface area (Å²) in [4.78, 5) is 14.0. The van der Waals surface area contributed by atoms with E-state index in [1.807, 2.05) is 17.9 Å². The number of hydrogen-bond acceptors (Lipinski definition) is 2. The van der Waals surface area contributed by atoms with Gasteiger partial charge >= 0.3 is 0 Å². The molecule has 1 heterocycles. The minimum atomic E-state index is 0.234. The molecule has 1 amide bonds. The standard InChI is InChI=1S/C14H20N2O/c1-11(9-15)8-14(17)16-7-6-12-4-2-3-5-13(12)10-16/h2-5,11H,6-10,15H2,1H3. The van der Waals surface area contributed by atoms with Crippen LogP contribution in [-0.2, 0) is 17.8 Å². The Kier molecular flexibility index (Phi) is 3.79. The molecule has 1 aliphatic heterocycles. The zero-order chi connectivity index (χ0) is 12.3. The van der Waals surface area contributed by atoms with Crippen LogP contribution >= 0.6 is 0 Å². The van der Waals surface area contributed by atoms with Crippen LogP contribution < -0.4 is 5.73 Å². The predicted octanol–water partition coefficient (Wildman–Crippen LogP) is 1.56. The highest BCUT2D eigenvalue weighted by molar-refractivity contribution is 5.76. The summed E-state index contributed by atoms with van der Waals surface area (Å²) >= 11 is 0. The molecule has 0 bridgehead atoms. The lowest BCUT2D eigenvalue weighted by Crippen LogP contribution is -2.37. The Balaban J connectivity index is 2.00. The van der Waals surface area contributed by atoms with Gasteiger partial charge in [0.15, 0.2) is 0 Å². The first-order valence-electron chi connectivity index (χ1n) is 6.25. The third-order valence-electron chi connectivity index (χ3n) is 3.41. The summed E-state index contributed by atoms with van der Waals surface area (Å²) in [5.74, 6) is 0.511. The molecule has 92 valence electrons. The van der Waals surface area contributed by atoms with Gasteiger partial charge in [-0.05, 0) is 30.0 Å². The van der Waals surface area contributed by atoms with Crippen LogP contribution in [-0.4, -0.2) is 23.9 Å². The van der Waals surface area contributed by atoms with Crippen molar-refractivity contribution in [2.75, 3.05) is 13.1 Å². The van der Waals surface area contributed by atoms with Crippen LogP contribution in [0.25, 0.3) is 0 Å². The second-order valence-electron chi connectivity index (χ2n) is 4.88. The maximum Gasteiger partial charge on any atom is 0.223 e. The van der Waals surface area contributed by atoms with Crippen molar-refractivity contribution in [3.8, 4) is 0 Å². The fraction of sp³-hybridized carbons (Fsp3) is 0.500. The van der Waals surface area contributed by atoms with Crippen molar-refractivity contribution in [1.29, 1.82) is 0 Å². The highest BCUT2D eigenvalue weighted by atomic mass is 16.2. The molecule has 1 unspecified atom stereocenters. The molecule has 0 saturated carbocycles. The molecule has 1 aliphatic rings. The monoisotopic (exact) mass is 232 g/mol. The van der Waals surface area contributed by atoms with Crippen LogP contribution in [0.4, 0.5) is 0 Å². The number of fused-ring (bicyclic) bond motifs is 1. The van der Waals surface area contributed by atoms with Crippen molar-refractivity contribution >= 4 is 5.91 Å². The number of hydrogen-bond donors (Lipinski definition) is 1. The second-order valence-corrected chi connectivity index (χ2v) is 4.88. The molecule has 1 aromatic carbocycles. The third kappa shape index (κ3) is 2.86. The number of rotatable bonds is 3. The van der Waals surface area contributed by atoms with Gasteiger partial charge in [-0.2, -0.15) is 0 Å². The van der Waals surface area contributed by atoms with Crippen LogP contribution in [0.5, 0.6) is 0 Å². The number of amides is 1. The second kappa shape index (κ2) is 5.32. The largest absolute Gasteiger partial charge is 0.338 e. The Morgan fingerprint density at radius 1 is 1.41 bits per heavy atom. The van der Waals surface area contributed by atoms with Crippen molar-refractivity contribution in [3.05, 3.63) is 35.4 Å². The SMILES string of the molecule is CC(CN)CC(=O)N1CCc2ccccc2C1. The Bertz CT molecular complexity index is 403. The minimum absolute atomic E-state index is 0.234. The Morgan fingerprint density at radius 2 is 2.12 bits per heavy atom. The van der Waals surface area contributed by atoms with Crippen molar-refractivity contribution in [1.82, 2.24) is 4.90 Å². The average Bonchev–Trinajstić information content (AvgIpc) is 2.38. The molecule has 0 radical (unpaired) electrons. The average molecular weight is 232 g/mol. The van der Waals surface area contributed by atoms with E-state index in [-0.39, 0.29) is 11.8 Å². The number of carbonyl (C=O) groups is 1. The van der Waals surface area contributed by atoms with E-state index in [1.165, 1.54) is 11.1 Å². The van der Waals surface area contributed by atoms with Gasteiger partial charge in [-0.15, -0.1) is 0 Å². The van der Waals surface area contributed by atoms with E-state index in [1.54, 1.807) is 0 Å². The van der Waals surface area contributed by atoms with Crippen molar-refractivity contribution in [2.45, 2.75) is 26.3 Å². The summed E-state index contributed by atoms with van der Waals surface area (Å²) in [6.45, 7) is 4.20. The van der Waals surface area contributed by atoms with E-state index < -0.39 is 0 Å². The lowest BCUT2D eigenvalue weighted by atomic mass is 9.99. The topological polar surface area (TPSA) is 46.3 Å². The molecule has 0 spiro atoms. The first kappa shape index (κ1) is 12.1. The first-order valence-corrected chi connectivity index (χ1v) is 6.25. The van der Waals surface area contributed by atoms with Gasteiger partial charge in [0.05, 0.1) is 0 Å². The van der Waals surface area contributed by atoms with Crippen LogP contribution in [0.2, 0.25) is 0 Å². The number of nitrogens with zero attached hydrogens (tertiary/aromatic N) is 1. The van der Waals surface area contributed by atoms with Gasteiger partial charge in [0, 0.05) is 19.5 Å². The summed E-state index contributed by atoms with van der Waals surface area (Å²) in [5.41, 5.74) is 8.22. The van der Waals surface area contributed by atoms with Gasteiger partial charge in [-0.25, -0.2) is 0 Å². The van der Waals surface area contributed by atoms with E-state index in [9.17, 15) is 4.79 Å². The van der Waals surface area contributed by atoms with Crippen molar-refractivity contribution in [3.63, 3.8) is 0 Å². The number of benzene rings is 1. The van der Waals surface area contributed by atoms with Gasteiger partial charge in [0.2, 0.25) is 5.91 Å². The summed E-state index contributed by atoms with van der Waals surface area (Å²) in [6, 6.07) is 8.36. The molecule has 1 atom stereocenters. The zero-order valence-electron chi connectivity index (χ0n) is 10.4. The van der Waals surface area contributed by atoms with Gasteiger partial charge in [0.1, 0.15) is 0 Å². The maximum atomic E-state index is 12.0. The summed E-state index contributed by atoms with van der Waals surface area (Å²) in [6.07, 6.45) is 1.54. The van der Waals surface area contributed by atoms with Gasteiger partial charge in [-0.1, -0.05) is 31.2 Å². The smallest absolute Gasteiger partial charge is 0.223 e. The third-order valence-corrected chi connectivity index (χ3v) is 3.41. The van der Waals surface area contributed by atoms with Gasteiger partial charge < -0.3 is 10.6 Å². The molecule has 3 nitrogen and oxygen atoms in total. The molecule has 2 rings (SSSR count). The van der Waals surface area contributed by atoms with Gasteiger partial charge in [-0.3, -0.25) is 4.79 Å². The molecule has 0 saturated heterocycles. The Hall–Kier alpha value is -1.35. The molecular weight excluding hydrogens is 212 g/mol. The van der Waals surface area contributed by atoms with Gasteiger partial charge in [0.25, 0.3) is 0 Å².